The van der Waals surface area contributed by atoms with E-state index in [0.29, 0.717) is 0 Å². The molecular formula is C15H21NO2. The molecule has 1 fully saturated rings. The van der Waals surface area contributed by atoms with Crippen LogP contribution in [0.1, 0.15) is 37.4 Å². The molecule has 0 saturated carbocycles. The van der Waals surface area contributed by atoms with Gasteiger partial charge in [-0.25, -0.2) is 0 Å². The van der Waals surface area contributed by atoms with Crippen LogP contribution >= 0.6 is 0 Å². The normalized spacial score (nSPS) is 32.7. The van der Waals surface area contributed by atoms with E-state index in [-0.39, 0.29) is 11.7 Å². The number of nitrogens with zero attached hydrogens (tertiary/aromatic N) is 1. The van der Waals surface area contributed by atoms with Gasteiger partial charge in [0.2, 0.25) is 0 Å². The monoisotopic (exact) mass is 247 g/mol. The molecule has 0 bridgehead atoms. The van der Waals surface area contributed by atoms with Gasteiger partial charge in [-0.3, -0.25) is 0 Å². The van der Waals surface area contributed by atoms with E-state index in [1.807, 2.05) is 24.3 Å². The predicted octanol–water partition coefficient (Wildman–Crippen LogP) is 2.36. The number of likely N-dealkylation sites (tertiary alicyclic amines) is 1. The van der Waals surface area contributed by atoms with E-state index in [9.17, 15) is 5.11 Å². The van der Waals surface area contributed by atoms with E-state index in [1.54, 1.807) is 0 Å². The number of fused-ring (bicyclic) bond motifs is 1. The zero-order chi connectivity index (χ0) is 12.6. The minimum atomic E-state index is -0.377. The summed E-state index contributed by atoms with van der Waals surface area (Å²) < 4.78 is 6.27. The molecule has 3 nitrogen and oxygen atoms in total. The van der Waals surface area contributed by atoms with Gasteiger partial charge in [0, 0.05) is 18.5 Å². The molecule has 1 spiro atoms. The van der Waals surface area contributed by atoms with Crippen LogP contribution in [0.15, 0.2) is 24.3 Å². The van der Waals surface area contributed by atoms with Crippen molar-refractivity contribution in [2.24, 2.45) is 0 Å². The van der Waals surface area contributed by atoms with Gasteiger partial charge in [-0.05, 0) is 38.9 Å². The van der Waals surface area contributed by atoms with Gasteiger partial charge in [-0.1, -0.05) is 18.2 Å². The molecule has 98 valence electrons. The molecule has 2 aliphatic heterocycles. The Hall–Kier alpha value is -1.06. The smallest absolute Gasteiger partial charge is 0.125 e. The van der Waals surface area contributed by atoms with Crippen molar-refractivity contribution in [3.63, 3.8) is 0 Å². The van der Waals surface area contributed by atoms with Crippen molar-refractivity contribution in [3.8, 4) is 5.75 Å². The fraction of sp³-hybridized carbons (Fsp3) is 0.600. The van der Waals surface area contributed by atoms with Crippen molar-refractivity contribution >= 4 is 0 Å². The van der Waals surface area contributed by atoms with Crippen LogP contribution in [0.2, 0.25) is 0 Å². The largest absolute Gasteiger partial charge is 0.487 e. The first-order valence-corrected chi connectivity index (χ1v) is 6.83. The molecule has 2 aliphatic rings. The summed E-state index contributed by atoms with van der Waals surface area (Å²) in [4.78, 5) is 2.35. The van der Waals surface area contributed by atoms with Gasteiger partial charge in [0.1, 0.15) is 11.4 Å². The van der Waals surface area contributed by atoms with Gasteiger partial charge in [0.25, 0.3) is 0 Å². The van der Waals surface area contributed by atoms with Crippen LogP contribution in [0.4, 0.5) is 0 Å². The summed E-state index contributed by atoms with van der Waals surface area (Å²) in [5.74, 6) is 0.876. The Kier molecular flexibility index (Phi) is 3.04. The Morgan fingerprint density at radius 2 is 2.11 bits per heavy atom. The van der Waals surface area contributed by atoms with E-state index in [2.05, 4.69) is 11.9 Å². The molecule has 2 heterocycles. The number of ether oxygens (including phenoxy) is 1. The Balaban J connectivity index is 1.88. The highest BCUT2D eigenvalue weighted by Gasteiger charge is 2.40. The Bertz CT molecular complexity index is 434. The fourth-order valence-corrected chi connectivity index (χ4v) is 3.19. The fourth-order valence-electron chi connectivity index (χ4n) is 3.19. The summed E-state index contributed by atoms with van der Waals surface area (Å²) in [7, 11) is 2.16. The zero-order valence-corrected chi connectivity index (χ0v) is 10.9. The van der Waals surface area contributed by atoms with Gasteiger partial charge >= 0.3 is 0 Å². The average molecular weight is 247 g/mol. The molecule has 0 amide bonds. The molecule has 1 N–H and O–H groups in total. The summed E-state index contributed by atoms with van der Waals surface area (Å²) in [5, 5.41) is 10.3. The third-order valence-electron chi connectivity index (χ3n) is 4.29. The van der Waals surface area contributed by atoms with Crippen LogP contribution in [0.25, 0.3) is 0 Å². The second-order valence-electron chi connectivity index (χ2n) is 5.70. The number of benzene rings is 1. The van der Waals surface area contributed by atoms with Crippen molar-refractivity contribution in [1.82, 2.24) is 4.90 Å². The van der Waals surface area contributed by atoms with E-state index >= 15 is 0 Å². The molecule has 1 aromatic rings. The van der Waals surface area contributed by atoms with Gasteiger partial charge < -0.3 is 14.7 Å². The number of aliphatic hydroxyl groups excluding tert-OH is 1. The van der Waals surface area contributed by atoms with Gasteiger partial charge in [-0.15, -0.1) is 0 Å². The van der Waals surface area contributed by atoms with Crippen LogP contribution < -0.4 is 4.74 Å². The third-order valence-corrected chi connectivity index (χ3v) is 4.29. The molecule has 1 saturated heterocycles. The average Bonchev–Trinajstić information content (AvgIpc) is 2.53. The van der Waals surface area contributed by atoms with Crippen LogP contribution in [-0.2, 0) is 0 Å². The second-order valence-corrected chi connectivity index (χ2v) is 5.70. The van der Waals surface area contributed by atoms with Gasteiger partial charge in [0.15, 0.2) is 0 Å². The van der Waals surface area contributed by atoms with E-state index in [1.165, 1.54) is 0 Å². The molecule has 2 unspecified atom stereocenters. The molecule has 2 atom stereocenters. The van der Waals surface area contributed by atoms with Crippen LogP contribution in [-0.4, -0.2) is 35.7 Å². The first-order chi connectivity index (χ1) is 8.69. The van der Waals surface area contributed by atoms with E-state index in [0.717, 1.165) is 50.1 Å². The number of aliphatic hydroxyl groups is 1. The second kappa shape index (κ2) is 4.56. The van der Waals surface area contributed by atoms with Crippen molar-refractivity contribution in [1.29, 1.82) is 0 Å². The SMILES string of the molecule is CN1CCCC2(CC1)CC(O)c1ccccc1O2. The minimum Gasteiger partial charge on any atom is -0.487 e. The molecule has 3 heteroatoms. The topological polar surface area (TPSA) is 32.7 Å². The van der Waals surface area contributed by atoms with Crippen molar-refractivity contribution in [2.45, 2.75) is 37.4 Å². The van der Waals surface area contributed by atoms with Crippen LogP contribution in [0.5, 0.6) is 5.75 Å². The molecule has 1 aromatic carbocycles. The highest BCUT2D eigenvalue weighted by Crippen LogP contribution is 2.43. The van der Waals surface area contributed by atoms with Crippen molar-refractivity contribution in [3.05, 3.63) is 29.8 Å². The molecule has 0 aliphatic carbocycles. The first kappa shape index (κ1) is 12.0. The Morgan fingerprint density at radius 1 is 1.28 bits per heavy atom. The summed E-state index contributed by atoms with van der Waals surface area (Å²) in [5.41, 5.74) is 0.791. The summed E-state index contributed by atoms with van der Waals surface area (Å²) in [6, 6.07) is 7.89. The molecule has 0 aromatic heterocycles. The minimum absolute atomic E-state index is 0.154. The standard InChI is InChI=1S/C15H21NO2/c1-16-9-4-7-15(8-10-16)11-13(17)12-5-2-3-6-14(12)18-15/h2-3,5-6,13,17H,4,7-11H2,1H3. The van der Waals surface area contributed by atoms with Crippen molar-refractivity contribution < 1.29 is 9.84 Å². The summed E-state index contributed by atoms with van der Waals surface area (Å²) in [6.45, 7) is 2.18. The molecular weight excluding hydrogens is 226 g/mol. The Labute approximate surface area is 108 Å². The van der Waals surface area contributed by atoms with E-state index in [4.69, 9.17) is 4.74 Å². The highest BCUT2D eigenvalue weighted by molar-refractivity contribution is 5.38. The van der Waals surface area contributed by atoms with Crippen molar-refractivity contribution in [2.75, 3.05) is 20.1 Å². The summed E-state index contributed by atoms with van der Waals surface area (Å²) >= 11 is 0. The van der Waals surface area contributed by atoms with Crippen LogP contribution in [0, 0.1) is 0 Å². The zero-order valence-electron chi connectivity index (χ0n) is 10.9. The highest BCUT2D eigenvalue weighted by atomic mass is 16.5. The van der Waals surface area contributed by atoms with Gasteiger partial charge in [-0.2, -0.15) is 0 Å². The van der Waals surface area contributed by atoms with Crippen LogP contribution in [0.3, 0.4) is 0 Å². The number of hydrogen-bond donors (Lipinski definition) is 1. The van der Waals surface area contributed by atoms with Gasteiger partial charge in [0.05, 0.1) is 6.10 Å². The maximum Gasteiger partial charge on any atom is 0.125 e. The molecule has 18 heavy (non-hydrogen) atoms. The maximum absolute atomic E-state index is 10.3. The number of rotatable bonds is 0. The maximum atomic E-state index is 10.3. The lowest BCUT2D eigenvalue weighted by atomic mass is 9.83. The molecule has 0 radical (unpaired) electrons. The predicted molar refractivity (Wildman–Crippen MR) is 70.7 cm³/mol. The quantitative estimate of drug-likeness (QED) is 0.764. The lowest BCUT2D eigenvalue weighted by Crippen LogP contribution is -2.41. The first-order valence-electron chi connectivity index (χ1n) is 6.83. The van der Waals surface area contributed by atoms with E-state index < -0.39 is 0 Å². The number of hydrogen-bond acceptors (Lipinski definition) is 3. The molecule has 3 rings (SSSR count). The summed E-state index contributed by atoms with van der Waals surface area (Å²) in [6.07, 6.45) is 3.55. The Morgan fingerprint density at radius 3 is 3.00 bits per heavy atom. The lowest BCUT2D eigenvalue weighted by Gasteiger charge is -2.40. The third kappa shape index (κ3) is 2.13. The number of para-hydroxylation sites is 1. The lowest BCUT2D eigenvalue weighted by molar-refractivity contribution is -0.0235.